The fourth-order valence-electron chi connectivity index (χ4n) is 2.20. The van der Waals surface area contributed by atoms with Gasteiger partial charge in [-0.05, 0) is 59.1 Å². The standard InChI is InChI=1S/C18H20BrNO2S/c1-12-4-6-16(13(2)8-12)20-18(21)11-23-10-14-5-7-17(22-3)15(19)9-14/h4-9H,10-11H2,1-3H3,(H,20,21). The second-order valence-corrected chi connectivity index (χ2v) is 7.17. The number of anilines is 1. The first-order valence-corrected chi connectivity index (χ1v) is 9.21. The van der Waals surface area contributed by atoms with Gasteiger partial charge in [0, 0.05) is 11.4 Å². The maximum absolute atomic E-state index is 12.0. The molecule has 2 aromatic carbocycles. The topological polar surface area (TPSA) is 38.3 Å². The van der Waals surface area contributed by atoms with Gasteiger partial charge in [-0.15, -0.1) is 11.8 Å². The lowest BCUT2D eigenvalue weighted by Gasteiger charge is -2.09. The van der Waals surface area contributed by atoms with E-state index in [-0.39, 0.29) is 5.91 Å². The Morgan fingerprint density at radius 3 is 2.65 bits per heavy atom. The van der Waals surface area contributed by atoms with Crippen LogP contribution in [0.5, 0.6) is 5.75 Å². The van der Waals surface area contributed by atoms with Gasteiger partial charge in [0.05, 0.1) is 17.3 Å². The minimum atomic E-state index is 0.0227. The van der Waals surface area contributed by atoms with Crippen LogP contribution in [0, 0.1) is 13.8 Å². The molecule has 1 amide bonds. The highest BCUT2D eigenvalue weighted by Crippen LogP contribution is 2.27. The van der Waals surface area contributed by atoms with Crippen LogP contribution in [-0.4, -0.2) is 18.8 Å². The van der Waals surface area contributed by atoms with E-state index >= 15 is 0 Å². The van der Waals surface area contributed by atoms with Gasteiger partial charge in [-0.2, -0.15) is 0 Å². The van der Waals surface area contributed by atoms with Gasteiger partial charge in [-0.25, -0.2) is 0 Å². The first-order chi connectivity index (χ1) is 11.0. The largest absolute Gasteiger partial charge is 0.496 e. The summed E-state index contributed by atoms with van der Waals surface area (Å²) in [6.45, 7) is 4.05. The average Bonchev–Trinajstić information content (AvgIpc) is 2.50. The van der Waals surface area contributed by atoms with Crippen LogP contribution in [0.25, 0.3) is 0 Å². The van der Waals surface area contributed by atoms with Gasteiger partial charge >= 0.3 is 0 Å². The molecular weight excluding hydrogens is 374 g/mol. The monoisotopic (exact) mass is 393 g/mol. The Kier molecular flexibility index (Phi) is 6.54. The Balaban J connectivity index is 1.84. The molecule has 2 aromatic rings. The molecule has 0 bridgehead atoms. The zero-order chi connectivity index (χ0) is 16.8. The van der Waals surface area contributed by atoms with Crippen LogP contribution in [-0.2, 0) is 10.5 Å². The number of methoxy groups -OCH3 is 1. The Bertz CT molecular complexity index is 703. The molecule has 122 valence electrons. The lowest BCUT2D eigenvalue weighted by Crippen LogP contribution is -2.15. The Morgan fingerprint density at radius 2 is 2.00 bits per heavy atom. The van der Waals surface area contributed by atoms with Gasteiger partial charge in [0.15, 0.2) is 0 Å². The van der Waals surface area contributed by atoms with E-state index < -0.39 is 0 Å². The first kappa shape index (κ1) is 17.9. The predicted octanol–water partition coefficient (Wildman–Crippen LogP) is 4.95. The maximum Gasteiger partial charge on any atom is 0.234 e. The van der Waals surface area contributed by atoms with Crippen molar-refractivity contribution in [2.75, 3.05) is 18.2 Å². The summed E-state index contributed by atoms with van der Waals surface area (Å²) in [5, 5.41) is 2.96. The van der Waals surface area contributed by atoms with Crippen molar-refractivity contribution in [2.24, 2.45) is 0 Å². The molecule has 0 aromatic heterocycles. The fourth-order valence-corrected chi connectivity index (χ4v) is 3.56. The molecule has 0 fully saturated rings. The van der Waals surface area contributed by atoms with E-state index in [0.717, 1.165) is 32.8 Å². The van der Waals surface area contributed by atoms with E-state index in [1.165, 1.54) is 5.56 Å². The fraction of sp³-hybridized carbons (Fsp3) is 0.278. The third-order valence-electron chi connectivity index (χ3n) is 3.37. The summed E-state index contributed by atoms with van der Waals surface area (Å²) in [4.78, 5) is 12.0. The van der Waals surface area contributed by atoms with Crippen LogP contribution in [0.4, 0.5) is 5.69 Å². The number of carbonyl (C=O) groups is 1. The van der Waals surface area contributed by atoms with E-state index in [9.17, 15) is 4.79 Å². The summed E-state index contributed by atoms with van der Waals surface area (Å²) >= 11 is 5.06. The molecule has 0 saturated carbocycles. The van der Waals surface area contributed by atoms with Crippen LogP contribution < -0.4 is 10.1 Å². The number of rotatable bonds is 6. The third-order valence-corrected chi connectivity index (χ3v) is 5.00. The van der Waals surface area contributed by atoms with E-state index in [2.05, 4.69) is 27.3 Å². The zero-order valence-corrected chi connectivity index (χ0v) is 15.9. The maximum atomic E-state index is 12.0. The number of amides is 1. The number of carbonyl (C=O) groups excluding carboxylic acids is 1. The predicted molar refractivity (Wildman–Crippen MR) is 101 cm³/mol. The second-order valence-electron chi connectivity index (χ2n) is 5.33. The molecule has 5 heteroatoms. The van der Waals surface area contributed by atoms with Crippen molar-refractivity contribution in [1.82, 2.24) is 0 Å². The molecule has 0 heterocycles. The summed E-state index contributed by atoms with van der Waals surface area (Å²) in [6.07, 6.45) is 0. The molecule has 0 aliphatic rings. The minimum absolute atomic E-state index is 0.0227. The van der Waals surface area contributed by atoms with Gasteiger partial charge in [-0.3, -0.25) is 4.79 Å². The second kappa shape index (κ2) is 8.41. The highest BCUT2D eigenvalue weighted by atomic mass is 79.9. The van der Waals surface area contributed by atoms with Crippen LogP contribution in [0.15, 0.2) is 40.9 Å². The SMILES string of the molecule is COc1ccc(CSCC(=O)Nc2ccc(C)cc2C)cc1Br. The third kappa shape index (κ3) is 5.29. The lowest BCUT2D eigenvalue weighted by atomic mass is 10.1. The number of hydrogen-bond donors (Lipinski definition) is 1. The molecule has 0 aliphatic carbocycles. The van der Waals surface area contributed by atoms with E-state index in [1.54, 1.807) is 18.9 Å². The lowest BCUT2D eigenvalue weighted by molar-refractivity contribution is -0.113. The highest BCUT2D eigenvalue weighted by molar-refractivity contribution is 9.10. The van der Waals surface area contributed by atoms with Crippen molar-refractivity contribution < 1.29 is 9.53 Å². The Hall–Kier alpha value is -1.46. The molecule has 0 aliphatic heterocycles. The first-order valence-electron chi connectivity index (χ1n) is 7.27. The molecular formula is C18H20BrNO2S. The van der Waals surface area contributed by atoms with Gasteiger partial charge in [0.1, 0.15) is 5.75 Å². The van der Waals surface area contributed by atoms with E-state index in [0.29, 0.717) is 5.75 Å². The molecule has 0 saturated heterocycles. The van der Waals surface area contributed by atoms with Crippen molar-refractivity contribution in [3.8, 4) is 5.75 Å². The van der Waals surface area contributed by atoms with Crippen LogP contribution in [0.1, 0.15) is 16.7 Å². The molecule has 23 heavy (non-hydrogen) atoms. The van der Waals surface area contributed by atoms with Crippen LogP contribution in [0.3, 0.4) is 0 Å². The molecule has 0 spiro atoms. The minimum Gasteiger partial charge on any atom is -0.496 e. The molecule has 2 rings (SSSR count). The Labute approximate surface area is 149 Å². The molecule has 3 nitrogen and oxygen atoms in total. The van der Waals surface area contributed by atoms with E-state index in [1.807, 2.05) is 44.2 Å². The number of benzene rings is 2. The molecule has 0 radical (unpaired) electrons. The summed E-state index contributed by atoms with van der Waals surface area (Å²) in [7, 11) is 1.64. The normalized spacial score (nSPS) is 10.4. The number of aryl methyl sites for hydroxylation is 2. The average molecular weight is 394 g/mol. The van der Waals surface area contributed by atoms with Crippen molar-refractivity contribution in [1.29, 1.82) is 0 Å². The van der Waals surface area contributed by atoms with Gasteiger partial charge in [0.25, 0.3) is 0 Å². The summed E-state index contributed by atoms with van der Waals surface area (Å²) < 4.78 is 6.14. The smallest absolute Gasteiger partial charge is 0.234 e. The quantitative estimate of drug-likeness (QED) is 0.754. The Morgan fingerprint density at radius 1 is 1.22 bits per heavy atom. The number of nitrogens with one attached hydrogen (secondary N) is 1. The summed E-state index contributed by atoms with van der Waals surface area (Å²) in [5.74, 6) is 2.04. The van der Waals surface area contributed by atoms with Crippen molar-refractivity contribution in [2.45, 2.75) is 19.6 Å². The van der Waals surface area contributed by atoms with E-state index in [4.69, 9.17) is 4.74 Å². The summed E-state index contributed by atoms with van der Waals surface area (Å²) in [5.41, 5.74) is 4.32. The van der Waals surface area contributed by atoms with Crippen LogP contribution in [0.2, 0.25) is 0 Å². The van der Waals surface area contributed by atoms with Crippen molar-refractivity contribution >= 4 is 39.3 Å². The van der Waals surface area contributed by atoms with Crippen molar-refractivity contribution in [3.05, 3.63) is 57.6 Å². The summed E-state index contributed by atoms with van der Waals surface area (Å²) in [6, 6.07) is 12.0. The van der Waals surface area contributed by atoms with Gasteiger partial charge in [0.2, 0.25) is 5.91 Å². The molecule has 0 atom stereocenters. The number of ether oxygens (including phenoxy) is 1. The number of thioether (sulfide) groups is 1. The van der Waals surface area contributed by atoms with Crippen molar-refractivity contribution in [3.63, 3.8) is 0 Å². The number of hydrogen-bond acceptors (Lipinski definition) is 3. The molecule has 1 N–H and O–H groups in total. The molecule has 0 unspecified atom stereocenters. The highest BCUT2D eigenvalue weighted by Gasteiger charge is 2.06. The van der Waals surface area contributed by atoms with Gasteiger partial charge < -0.3 is 10.1 Å². The van der Waals surface area contributed by atoms with Gasteiger partial charge in [-0.1, -0.05) is 23.8 Å². The zero-order valence-electron chi connectivity index (χ0n) is 13.5. The van der Waals surface area contributed by atoms with Crippen LogP contribution >= 0.6 is 27.7 Å². The number of halogens is 1.